The van der Waals surface area contributed by atoms with E-state index in [4.69, 9.17) is 0 Å². The molecule has 0 aliphatic heterocycles. The zero-order valence-electron chi connectivity index (χ0n) is 28.7. The second-order valence-corrected chi connectivity index (χ2v) is 16.6. The lowest BCUT2D eigenvalue weighted by molar-refractivity contribution is 0.935. The minimum atomic E-state index is 0.587. The number of anilines is 3. The Bertz CT molecular complexity index is 3170. The van der Waals surface area contributed by atoms with E-state index >= 15 is 0 Å². The molecule has 1 saturated carbocycles. The van der Waals surface area contributed by atoms with Crippen molar-refractivity contribution in [3.8, 4) is 11.1 Å². The normalized spacial score (nSPS) is 16.6. The molecule has 2 aliphatic rings. The van der Waals surface area contributed by atoms with Crippen LogP contribution in [-0.2, 0) is 0 Å². The molecule has 0 radical (unpaired) electrons. The van der Waals surface area contributed by atoms with Crippen molar-refractivity contribution in [2.75, 3.05) is 4.90 Å². The second kappa shape index (κ2) is 11.3. The van der Waals surface area contributed by atoms with E-state index in [1.54, 1.807) is 0 Å². The maximum Gasteiger partial charge on any atom is 0.0640 e. The molecule has 2 atom stereocenters. The summed E-state index contributed by atoms with van der Waals surface area (Å²) >= 11 is 3.78. The Hall–Kier alpha value is -5.94. The van der Waals surface area contributed by atoms with Crippen LogP contribution in [0.2, 0.25) is 0 Å². The van der Waals surface area contributed by atoms with Gasteiger partial charge in [0.05, 0.1) is 21.4 Å². The highest BCUT2D eigenvalue weighted by Crippen LogP contribution is 2.52. The number of fused-ring (bicyclic) bond motifs is 10. The van der Waals surface area contributed by atoms with Gasteiger partial charge in [0.1, 0.15) is 0 Å². The Labute approximate surface area is 314 Å². The van der Waals surface area contributed by atoms with Gasteiger partial charge >= 0.3 is 0 Å². The third-order valence-electron chi connectivity index (χ3n) is 11.5. The van der Waals surface area contributed by atoms with Crippen LogP contribution in [0.15, 0.2) is 170 Å². The van der Waals surface area contributed by atoms with E-state index in [0.717, 1.165) is 11.4 Å². The fourth-order valence-electron chi connectivity index (χ4n) is 8.90. The molecular weight excluding hydrogens is 681 g/mol. The molecule has 3 heterocycles. The van der Waals surface area contributed by atoms with Crippen LogP contribution in [0.3, 0.4) is 0 Å². The fourth-order valence-corrected chi connectivity index (χ4v) is 11.3. The molecule has 0 N–H and O–H groups in total. The Balaban J connectivity index is 1.08. The van der Waals surface area contributed by atoms with Crippen LogP contribution in [0.5, 0.6) is 0 Å². The largest absolute Gasteiger partial charge is 0.313 e. The van der Waals surface area contributed by atoms with E-state index in [9.17, 15) is 0 Å². The fraction of sp³-hybridized carbons (Fsp3) is 0.0612. The predicted octanol–water partition coefficient (Wildman–Crippen LogP) is 14.7. The number of aromatic nitrogens is 1. The molecule has 2 nitrogen and oxygen atoms in total. The summed E-state index contributed by atoms with van der Waals surface area (Å²) < 4.78 is 7.84. The standard InChI is InChI=1S/C49H32N2S2/c1-4-17-42-35(11-1)36-27-26-33(29-45(36)51(42)43-18-7-10-31-28-41(31)43)50(44-19-9-16-40-38-13-3-6-21-47(38)53-49(40)44)32-24-22-30(23-25-32)34-14-8-15-39-37-12-2-5-20-46(37)52-48(34)39/h1-27,29,31,41H,28H2. The van der Waals surface area contributed by atoms with Crippen LogP contribution in [0.4, 0.5) is 17.1 Å². The monoisotopic (exact) mass is 712 g/mol. The van der Waals surface area contributed by atoms with Gasteiger partial charge in [0.25, 0.3) is 0 Å². The van der Waals surface area contributed by atoms with Crippen LogP contribution < -0.4 is 4.90 Å². The van der Waals surface area contributed by atoms with Crippen LogP contribution >= 0.6 is 22.7 Å². The van der Waals surface area contributed by atoms with Gasteiger partial charge in [-0.2, -0.15) is 0 Å². The molecule has 4 heteroatoms. The van der Waals surface area contributed by atoms with Gasteiger partial charge in [0, 0.05) is 69.4 Å². The lowest BCUT2D eigenvalue weighted by atomic mass is 10.0. The van der Waals surface area contributed by atoms with Crippen molar-refractivity contribution < 1.29 is 0 Å². The van der Waals surface area contributed by atoms with Crippen molar-refractivity contribution in [3.05, 3.63) is 170 Å². The topological polar surface area (TPSA) is 8.17 Å². The number of hydrogen-bond acceptors (Lipinski definition) is 3. The Morgan fingerprint density at radius 1 is 0.528 bits per heavy atom. The molecule has 0 bridgehead atoms. The third kappa shape index (κ3) is 4.43. The quantitative estimate of drug-likeness (QED) is 0.172. The summed E-state index contributed by atoms with van der Waals surface area (Å²) in [6.45, 7) is 0. The maximum absolute atomic E-state index is 2.55. The molecule has 7 aromatic carbocycles. The maximum atomic E-state index is 2.55. The number of hydrogen-bond donors (Lipinski definition) is 0. The first-order valence-electron chi connectivity index (χ1n) is 18.4. The van der Waals surface area contributed by atoms with Gasteiger partial charge in [0.2, 0.25) is 0 Å². The van der Waals surface area contributed by atoms with Crippen LogP contribution in [-0.4, -0.2) is 4.57 Å². The van der Waals surface area contributed by atoms with E-state index in [2.05, 4.69) is 179 Å². The molecular formula is C49H32N2S2. The summed E-state index contributed by atoms with van der Waals surface area (Å²) in [6, 6.07) is 56.4. The number of allylic oxidation sites excluding steroid dienone is 4. The highest BCUT2D eigenvalue weighted by Gasteiger charge is 2.40. The molecule has 2 unspecified atom stereocenters. The average Bonchev–Trinajstić information content (AvgIpc) is 3.62. The predicted molar refractivity (Wildman–Crippen MR) is 230 cm³/mol. The van der Waals surface area contributed by atoms with Gasteiger partial charge in [-0.1, -0.05) is 115 Å². The van der Waals surface area contributed by atoms with Crippen molar-refractivity contribution >= 4 is 108 Å². The molecule has 0 amide bonds. The molecule has 250 valence electrons. The Morgan fingerprint density at radius 2 is 1.17 bits per heavy atom. The van der Waals surface area contributed by atoms with Crippen molar-refractivity contribution in [3.63, 3.8) is 0 Å². The number of benzene rings is 7. The van der Waals surface area contributed by atoms with Crippen molar-refractivity contribution in [2.24, 2.45) is 11.8 Å². The van der Waals surface area contributed by atoms with E-state index in [1.165, 1.54) is 91.1 Å². The number of thiophene rings is 2. The van der Waals surface area contributed by atoms with Crippen molar-refractivity contribution in [2.45, 2.75) is 6.42 Å². The lowest BCUT2D eigenvalue weighted by Gasteiger charge is -2.27. The van der Waals surface area contributed by atoms with Gasteiger partial charge in [0.15, 0.2) is 0 Å². The molecule has 53 heavy (non-hydrogen) atoms. The SMILES string of the molecule is C1=CC2CC2C(n2c3ccccc3c3ccc(N(c4ccc(-c5cccc6c5sc5ccccc56)cc4)c4cccc5c4sc4ccccc45)cc32)=C1. The highest BCUT2D eigenvalue weighted by molar-refractivity contribution is 7.26. The van der Waals surface area contributed by atoms with Gasteiger partial charge in [-0.25, -0.2) is 0 Å². The van der Waals surface area contributed by atoms with E-state index < -0.39 is 0 Å². The minimum absolute atomic E-state index is 0.587. The summed E-state index contributed by atoms with van der Waals surface area (Å²) in [5.74, 6) is 1.25. The first-order valence-corrected chi connectivity index (χ1v) is 20.0. The highest BCUT2D eigenvalue weighted by atomic mass is 32.1. The number of rotatable bonds is 5. The molecule has 10 aromatic rings. The molecule has 0 saturated heterocycles. The van der Waals surface area contributed by atoms with Gasteiger partial charge < -0.3 is 9.47 Å². The Kier molecular flexibility index (Phi) is 6.30. The first kappa shape index (κ1) is 29.6. The van der Waals surface area contributed by atoms with Crippen LogP contribution in [0, 0.1) is 11.8 Å². The van der Waals surface area contributed by atoms with Crippen molar-refractivity contribution in [1.82, 2.24) is 4.57 Å². The van der Waals surface area contributed by atoms with Crippen LogP contribution in [0.25, 0.3) is 79.0 Å². The summed E-state index contributed by atoms with van der Waals surface area (Å²) in [5, 5.41) is 7.88. The van der Waals surface area contributed by atoms with Crippen LogP contribution in [0.1, 0.15) is 6.42 Å². The molecule has 3 aromatic heterocycles. The summed E-state index contributed by atoms with van der Waals surface area (Å²) in [5.41, 5.74) is 9.98. The minimum Gasteiger partial charge on any atom is -0.313 e. The van der Waals surface area contributed by atoms with E-state index in [1.807, 2.05) is 22.7 Å². The van der Waals surface area contributed by atoms with Crippen molar-refractivity contribution in [1.29, 1.82) is 0 Å². The zero-order valence-corrected chi connectivity index (χ0v) is 30.4. The molecule has 0 spiro atoms. The Morgan fingerprint density at radius 3 is 1.98 bits per heavy atom. The molecule has 12 rings (SSSR count). The smallest absolute Gasteiger partial charge is 0.0640 e. The van der Waals surface area contributed by atoms with Gasteiger partial charge in [-0.05, 0) is 78.1 Å². The lowest BCUT2D eigenvalue weighted by Crippen LogP contribution is -2.10. The zero-order chi connectivity index (χ0) is 34.6. The van der Waals surface area contributed by atoms with Gasteiger partial charge in [-0.15, -0.1) is 22.7 Å². The van der Waals surface area contributed by atoms with Gasteiger partial charge in [-0.3, -0.25) is 0 Å². The van der Waals surface area contributed by atoms with E-state index in [-0.39, 0.29) is 0 Å². The number of nitrogens with zero attached hydrogens (tertiary/aromatic N) is 2. The summed E-state index contributed by atoms with van der Waals surface area (Å²) in [6.07, 6.45) is 8.23. The number of para-hydroxylation sites is 1. The molecule has 1 fully saturated rings. The third-order valence-corrected chi connectivity index (χ3v) is 13.9. The average molecular weight is 713 g/mol. The summed E-state index contributed by atoms with van der Waals surface area (Å²) in [4.78, 5) is 2.48. The first-order chi connectivity index (χ1) is 26.3. The second-order valence-electron chi connectivity index (χ2n) is 14.5. The molecule has 2 aliphatic carbocycles. The van der Waals surface area contributed by atoms with E-state index in [0.29, 0.717) is 11.8 Å². The summed E-state index contributed by atoms with van der Waals surface area (Å²) in [7, 11) is 0.